The predicted octanol–water partition coefficient (Wildman–Crippen LogP) is 1.01. The first kappa shape index (κ1) is 14.2. The quantitative estimate of drug-likeness (QED) is 0.841. The number of esters is 1. The van der Waals surface area contributed by atoms with Gasteiger partial charge < -0.3 is 15.0 Å². The summed E-state index contributed by atoms with van der Waals surface area (Å²) in [6.45, 7) is 3.37. The number of fused-ring (bicyclic) bond motifs is 1. The number of nitrogens with one attached hydrogen (secondary N) is 1. The lowest BCUT2D eigenvalue weighted by molar-refractivity contribution is -0.138. The van der Waals surface area contributed by atoms with Crippen LogP contribution in [-0.2, 0) is 9.53 Å². The van der Waals surface area contributed by atoms with Crippen molar-refractivity contribution in [1.82, 2.24) is 15.2 Å². The van der Waals surface area contributed by atoms with Crippen LogP contribution in [0.4, 0.5) is 0 Å². The molecule has 21 heavy (non-hydrogen) atoms. The molecule has 0 bridgehead atoms. The van der Waals surface area contributed by atoms with Gasteiger partial charge in [-0.3, -0.25) is 4.99 Å². The summed E-state index contributed by atoms with van der Waals surface area (Å²) >= 11 is 1.56. The molecule has 0 amide bonds. The highest BCUT2D eigenvalue weighted by atomic mass is 32.1. The molecule has 1 aromatic rings. The smallest absolute Gasteiger partial charge is 0.337 e. The molecule has 3 heterocycles. The first-order valence-corrected chi connectivity index (χ1v) is 7.90. The number of nitrogens with zero attached hydrogens (tertiary/aromatic N) is 3. The third-order valence-electron chi connectivity index (χ3n) is 3.71. The van der Waals surface area contributed by atoms with Crippen molar-refractivity contribution in [3.63, 3.8) is 0 Å². The van der Waals surface area contributed by atoms with Gasteiger partial charge in [-0.2, -0.15) is 0 Å². The number of ether oxygens (including phenoxy) is 1. The Labute approximate surface area is 127 Å². The van der Waals surface area contributed by atoms with Gasteiger partial charge in [0, 0.05) is 36.3 Å². The molecule has 2 aliphatic rings. The summed E-state index contributed by atoms with van der Waals surface area (Å²) in [6.07, 6.45) is 2.59. The second kappa shape index (κ2) is 5.95. The minimum Gasteiger partial charge on any atom is -0.463 e. The van der Waals surface area contributed by atoms with Crippen LogP contribution >= 0.6 is 11.3 Å². The molecule has 1 unspecified atom stereocenters. The van der Waals surface area contributed by atoms with E-state index in [1.807, 2.05) is 19.4 Å². The van der Waals surface area contributed by atoms with E-state index < -0.39 is 0 Å². The van der Waals surface area contributed by atoms with Crippen molar-refractivity contribution in [2.75, 3.05) is 26.7 Å². The van der Waals surface area contributed by atoms with E-state index in [9.17, 15) is 4.79 Å². The number of thiazole rings is 1. The van der Waals surface area contributed by atoms with Gasteiger partial charge in [0.05, 0.1) is 18.7 Å². The van der Waals surface area contributed by atoms with Gasteiger partial charge in [-0.25, -0.2) is 9.78 Å². The molecule has 1 fully saturated rings. The first-order chi connectivity index (χ1) is 10.2. The molecule has 1 N–H and O–H groups in total. The highest BCUT2D eigenvalue weighted by Crippen LogP contribution is 2.31. The van der Waals surface area contributed by atoms with Gasteiger partial charge in [-0.05, 0) is 14.0 Å². The molecular formula is C14H18N4O2S. The van der Waals surface area contributed by atoms with E-state index in [0.29, 0.717) is 24.8 Å². The molecule has 0 aliphatic carbocycles. The second-order valence-electron chi connectivity index (χ2n) is 4.92. The minimum absolute atomic E-state index is 0.254. The van der Waals surface area contributed by atoms with Gasteiger partial charge in [0.15, 0.2) is 10.8 Å². The zero-order chi connectivity index (χ0) is 14.8. The monoisotopic (exact) mass is 306 g/mol. The van der Waals surface area contributed by atoms with Crippen molar-refractivity contribution >= 4 is 23.1 Å². The van der Waals surface area contributed by atoms with Crippen LogP contribution in [0.3, 0.4) is 0 Å². The highest BCUT2D eigenvalue weighted by molar-refractivity contribution is 7.11. The van der Waals surface area contributed by atoms with Gasteiger partial charge in [-0.1, -0.05) is 0 Å². The fraction of sp³-hybridized carbons (Fsp3) is 0.500. The molecule has 3 rings (SSSR count). The van der Waals surface area contributed by atoms with Crippen LogP contribution < -0.4 is 5.32 Å². The summed E-state index contributed by atoms with van der Waals surface area (Å²) in [5.41, 5.74) is 1.70. The number of likely N-dealkylation sites (N-methyl/N-ethyl adjacent to an activating group) is 1. The number of aromatic nitrogens is 1. The van der Waals surface area contributed by atoms with Gasteiger partial charge in [-0.15, -0.1) is 11.3 Å². The minimum atomic E-state index is -0.254. The standard InChI is InChI=1S/C14H18N4O2S/c1-3-20-14(19)10-7-17-12(13-16-4-5-21-13)18-8-9(15-2)6-11(10)18/h4-5,9,15H,3,6-8H2,1-2H3. The van der Waals surface area contributed by atoms with E-state index in [2.05, 4.69) is 20.2 Å². The van der Waals surface area contributed by atoms with Crippen LogP contribution in [0.1, 0.15) is 18.4 Å². The van der Waals surface area contributed by atoms with Crippen molar-refractivity contribution in [2.24, 2.45) is 4.99 Å². The maximum Gasteiger partial charge on any atom is 0.337 e. The predicted molar refractivity (Wildman–Crippen MR) is 81.3 cm³/mol. The molecule has 1 aromatic heterocycles. The fourth-order valence-corrected chi connectivity index (χ4v) is 3.33. The van der Waals surface area contributed by atoms with Crippen LogP contribution in [0.15, 0.2) is 27.8 Å². The number of rotatable bonds is 4. The number of hydrogen-bond acceptors (Lipinski definition) is 7. The van der Waals surface area contributed by atoms with E-state index >= 15 is 0 Å². The largest absolute Gasteiger partial charge is 0.463 e. The highest BCUT2D eigenvalue weighted by Gasteiger charge is 2.36. The van der Waals surface area contributed by atoms with Gasteiger partial charge >= 0.3 is 5.97 Å². The van der Waals surface area contributed by atoms with E-state index in [4.69, 9.17) is 4.74 Å². The van der Waals surface area contributed by atoms with E-state index in [-0.39, 0.29) is 5.97 Å². The third-order valence-corrected chi connectivity index (χ3v) is 4.48. The lowest BCUT2D eigenvalue weighted by Crippen LogP contribution is -2.36. The number of amidine groups is 1. The lowest BCUT2D eigenvalue weighted by Gasteiger charge is -2.26. The molecule has 0 spiro atoms. The van der Waals surface area contributed by atoms with Crippen LogP contribution in [0.5, 0.6) is 0 Å². The average molecular weight is 306 g/mol. The summed E-state index contributed by atoms with van der Waals surface area (Å²) < 4.78 is 5.16. The Morgan fingerprint density at radius 3 is 3.14 bits per heavy atom. The molecule has 6 nitrogen and oxygen atoms in total. The zero-order valence-corrected chi connectivity index (χ0v) is 12.9. The van der Waals surface area contributed by atoms with Gasteiger partial charge in [0.2, 0.25) is 0 Å². The summed E-state index contributed by atoms with van der Waals surface area (Å²) in [5, 5.41) is 6.11. The maximum atomic E-state index is 12.1. The number of carbonyl (C=O) groups is 1. The average Bonchev–Trinajstić information content (AvgIpc) is 3.15. The summed E-state index contributed by atoms with van der Waals surface area (Å²) in [4.78, 5) is 23.1. The van der Waals surface area contributed by atoms with Crippen LogP contribution in [0, 0.1) is 0 Å². The Bertz CT molecular complexity index is 594. The van der Waals surface area contributed by atoms with Gasteiger partial charge in [0.1, 0.15) is 0 Å². The molecule has 1 atom stereocenters. The Kier molecular flexibility index (Phi) is 4.03. The third kappa shape index (κ3) is 2.58. The van der Waals surface area contributed by atoms with Crippen molar-refractivity contribution in [1.29, 1.82) is 0 Å². The summed E-state index contributed by atoms with van der Waals surface area (Å²) in [6, 6.07) is 0.313. The number of carbonyl (C=O) groups excluding carboxylic acids is 1. The lowest BCUT2D eigenvalue weighted by atomic mass is 10.1. The van der Waals surface area contributed by atoms with E-state index in [1.165, 1.54) is 0 Å². The van der Waals surface area contributed by atoms with Crippen molar-refractivity contribution < 1.29 is 9.53 Å². The molecule has 0 aromatic carbocycles. The molecular weight excluding hydrogens is 288 g/mol. The Morgan fingerprint density at radius 1 is 1.62 bits per heavy atom. The van der Waals surface area contributed by atoms with Crippen LogP contribution in [0.25, 0.3) is 0 Å². The second-order valence-corrected chi connectivity index (χ2v) is 5.82. The molecule has 0 radical (unpaired) electrons. The SMILES string of the molecule is CCOC(=O)C1=C2CC(NC)CN2C(c2nccs2)=NC1. The van der Waals surface area contributed by atoms with Crippen LogP contribution in [0.2, 0.25) is 0 Å². The maximum absolute atomic E-state index is 12.1. The number of aliphatic imine (C=N–C) groups is 1. The Hall–Kier alpha value is -1.73. The van der Waals surface area contributed by atoms with Gasteiger partial charge in [0.25, 0.3) is 0 Å². The van der Waals surface area contributed by atoms with E-state index in [1.54, 1.807) is 17.5 Å². The zero-order valence-electron chi connectivity index (χ0n) is 12.1. The molecule has 0 saturated carbocycles. The summed E-state index contributed by atoms with van der Waals surface area (Å²) in [5.74, 6) is 0.613. The van der Waals surface area contributed by atoms with Crippen LogP contribution in [-0.4, -0.2) is 54.5 Å². The Balaban J connectivity index is 1.94. The molecule has 112 valence electrons. The summed E-state index contributed by atoms with van der Waals surface area (Å²) in [7, 11) is 1.94. The normalized spacial score (nSPS) is 21.3. The molecule has 2 aliphatic heterocycles. The van der Waals surface area contributed by atoms with Crippen molar-refractivity contribution in [3.8, 4) is 0 Å². The topological polar surface area (TPSA) is 66.8 Å². The molecule has 1 saturated heterocycles. The molecule has 7 heteroatoms. The van der Waals surface area contributed by atoms with Crippen molar-refractivity contribution in [2.45, 2.75) is 19.4 Å². The van der Waals surface area contributed by atoms with E-state index in [0.717, 1.165) is 29.5 Å². The number of hydrogen-bond donors (Lipinski definition) is 1. The Morgan fingerprint density at radius 2 is 2.48 bits per heavy atom. The first-order valence-electron chi connectivity index (χ1n) is 7.02. The fourth-order valence-electron chi connectivity index (χ4n) is 2.68. The van der Waals surface area contributed by atoms with Crippen molar-refractivity contribution in [3.05, 3.63) is 27.9 Å².